The van der Waals surface area contributed by atoms with E-state index in [2.05, 4.69) is 13.8 Å². The molecule has 5 heteroatoms. The summed E-state index contributed by atoms with van der Waals surface area (Å²) in [5, 5.41) is 0. The molecule has 0 aliphatic carbocycles. The first kappa shape index (κ1) is 16.8. The second-order valence-corrected chi connectivity index (χ2v) is 7.15. The van der Waals surface area contributed by atoms with Gasteiger partial charge in [0, 0.05) is 13.1 Å². The molecule has 130 valence electrons. The standard InChI is InChI=1S/C19H26N2O3/c1-4-16-19(23)21(15-7-5-6-8-17(15)24-16)12-18(22)20-10-13(2)9-14(3)11-20/h5-8,13-14,16H,4,9-12H2,1-3H3. The molecular formula is C19H26N2O3. The normalized spacial score (nSPS) is 26.8. The van der Waals surface area contributed by atoms with Crippen LogP contribution in [0.1, 0.15) is 33.6 Å². The Labute approximate surface area is 143 Å². The summed E-state index contributed by atoms with van der Waals surface area (Å²) in [6, 6.07) is 7.44. The Balaban J connectivity index is 1.80. The number of anilines is 1. The number of benzene rings is 1. The summed E-state index contributed by atoms with van der Waals surface area (Å²) in [6.45, 7) is 7.93. The summed E-state index contributed by atoms with van der Waals surface area (Å²) in [6.07, 6.45) is 1.24. The Morgan fingerprint density at radius 2 is 1.88 bits per heavy atom. The van der Waals surface area contributed by atoms with Gasteiger partial charge < -0.3 is 9.64 Å². The molecular weight excluding hydrogens is 304 g/mol. The SMILES string of the molecule is CCC1Oc2ccccc2N(CC(=O)N2CC(C)CC(C)C2)C1=O. The lowest BCUT2D eigenvalue weighted by Crippen LogP contribution is -2.52. The molecule has 5 nitrogen and oxygen atoms in total. The zero-order valence-corrected chi connectivity index (χ0v) is 14.7. The van der Waals surface area contributed by atoms with Crippen molar-refractivity contribution in [1.82, 2.24) is 4.90 Å². The van der Waals surface area contributed by atoms with Crippen LogP contribution in [0.15, 0.2) is 24.3 Å². The Kier molecular flexibility index (Phi) is 4.78. The smallest absolute Gasteiger partial charge is 0.268 e. The number of piperidine rings is 1. The summed E-state index contributed by atoms with van der Waals surface area (Å²) in [5.41, 5.74) is 0.693. The number of ether oxygens (including phenoxy) is 1. The fraction of sp³-hybridized carbons (Fsp3) is 0.579. The van der Waals surface area contributed by atoms with Gasteiger partial charge in [0.2, 0.25) is 5.91 Å². The molecule has 2 heterocycles. The Morgan fingerprint density at radius 1 is 1.21 bits per heavy atom. The lowest BCUT2D eigenvalue weighted by molar-refractivity contribution is -0.135. The van der Waals surface area contributed by atoms with Crippen LogP contribution in [0, 0.1) is 11.8 Å². The number of para-hydroxylation sites is 2. The maximum atomic E-state index is 12.8. The number of hydrogen-bond acceptors (Lipinski definition) is 3. The van der Waals surface area contributed by atoms with Crippen molar-refractivity contribution in [3.63, 3.8) is 0 Å². The largest absolute Gasteiger partial charge is 0.478 e. The molecule has 0 aromatic heterocycles. The second-order valence-electron chi connectivity index (χ2n) is 7.15. The summed E-state index contributed by atoms with van der Waals surface area (Å²) < 4.78 is 5.77. The van der Waals surface area contributed by atoms with E-state index >= 15 is 0 Å². The lowest BCUT2D eigenvalue weighted by Gasteiger charge is -2.38. The summed E-state index contributed by atoms with van der Waals surface area (Å²) in [7, 11) is 0. The van der Waals surface area contributed by atoms with Gasteiger partial charge in [0.15, 0.2) is 6.10 Å². The van der Waals surface area contributed by atoms with Gasteiger partial charge in [-0.1, -0.05) is 32.9 Å². The highest BCUT2D eigenvalue weighted by molar-refractivity contribution is 6.03. The number of likely N-dealkylation sites (tertiary alicyclic amines) is 1. The van der Waals surface area contributed by atoms with E-state index in [1.807, 2.05) is 36.1 Å². The van der Waals surface area contributed by atoms with Gasteiger partial charge in [-0.2, -0.15) is 0 Å². The molecule has 0 N–H and O–H groups in total. The van der Waals surface area contributed by atoms with Crippen LogP contribution in [0.2, 0.25) is 0 Å². The van der Waals surface area contributed by atoms with E-state index in [0.29, 0.717) is 29.7 Å². The lowest BCUT2D eigenvalue weighted by atomic mass is 9.92. The van der Waals surface area contributed by atoms with Crippen molar-refractivity contribution in [3.8, 4) is 5.75 Å². The van der Waals surface area contributed by atoms with E-state index in [4.69, 9.17) is 4.74 Å². The number of amides is 2. The molecule has 1 aromatic rings. The monoisotopic (exact) mass is 330 g/mol. The summed E-state index contributed by atoms with van der Waals surface area (Å²) in [5.74, 6) is 1.59. The molecule has 1 saturated heterocycles. The molecule has 0 spiro atoms. The zero-order valence-electron chi connectivity index (χ0n) is 14.7. The van der Waals surface area contributed by atoms with Crippen molar-refractivity contribution < 1.29 is 14.3 Å². The molecule has 0 radical (unpaired) electrons. The molecule has 1 fully saturated rings. The number of hydrogen-bond donors (Lipinski definition) is 0. The third-order valence-electron chi connectivity index (χ3n) is 4.85. The van der Waals surface area contributed by atoms with Crippen molar-refractivity contribution in [1.29, 1.82) is 0 Å². The van der Waals surface area contributed by atoms with Crippen molar-refractivity contribution in [2.45, 2.75) is 39.7 Å². The first-order valence-corrected chi connectivity index (χ1v) is 8.84. The highest BCUT2D eigenvalue weighted by atomic mass is 16.5. The Bertz CT molecular complexity index is 621. The number of carbonyl (C=O) groups excluding carboxylic acids is 2. The van der Waals surface area contributed by atoms with Gasteiger partial charge in [-0.3, -0.25) is 14.5 Å². The van der Waals surface area contributed by atoms with Gasteiger partial charge >= 0.3 is 0 Å². The van der Waals surface area contributed by atoms with E-state index in [9.17, 15) is 9.59 Å². The van der Waals surface area contributed by atoms with Crippen LogP contribution in [0.3, 0.4) is 0 Å². The molecule has 3 atom stereocenters. The first-order chi connectivity index (χ1) is 11.5. The average Bonchev–Trinajstić information content (AvgIpc) is 2.56. The van der Waals surface area contributed by atoms with Gasteiger partial charge in [0.25, 0.3) is 5.91 Å². The van der Waals surface area contributed by atoms with Crippen molar-refractivity contribution in [2.24, 2.45) is 11.8 Å². The quantitative estimate of drug-likeness (QED) is 0.856. The predicted molar refractivity (Wildman–Crippen MR) is 93.0 cm³/mol. The van der Waals surface area contributed by atoms with E-state index in [0.717, 1.165) is 19.5 Å². The molecule has 0 saturated carbocycles. The van der Waals surface area contributed by atoms with E-state index in [1.165, 1.54) is 0 Å². The second kappa shape index (κ2) is 6.83. The highest BCUT2D eigenvalue weighted by Gasteiger charge is 2.35. The summed E-state index contributed by atoms with van der Waals surface area (Å²) in [4.78, 5) is 29.0. The third-order valence-corrected chi connectivity index (χ3v) is 4.85. The van der Waals surface area contributed by atoms with Gasteiger partial charge in [-0.25, -0.2) is 0 Å². The van der Waals surface area contributed by atoms with Crippen molar-refractivity contribution in [2.75, 3.05) is 24.5 Å². The van der Waals surface area contributed by atoms with Gasteiger partial charge in [0.05, 0.1) is 5.69 Å². The van der Waals surface area contributed by atoms with Crippen LogP contribution < -0.4 is 9.64 Å². The van der Waals surface area contributed by atoms with Gasteiger partial charge in [-0.05, 0) is 36.8 Å². The van der Waals surface area contributed by atoms with Crippen LogP contribution in [0.4, 0.5) is 5.69 Å². The minimum Gasteiger partial charge on any atom is -0.478 e. The van der Waals surface area contributed by atoms with Crippen molar-refractivity contribution >= 4 is 17.5 Å². The predicted octanol–water partition coefficient (Wildman–Crippen LogP) is 2.70. The average molecular weight is 330 g/mol. The molecule has 24 heavy (non-hydrogen) atoms. The van der Waals surface area contributed by atoms with Crippen LogP contribution in [0.25, 0.3) is 0 Å². The molecule has 2 amide bonds. The van der Waals surface area contributed by atoms with Crippen molar-refractivity contribution in [3.05, 3.63) is 24.3 Å². The molecule has 0 bridgehead atoms. The van der Waals surface area contributed by atoms with E-state index in [-0.39, 0.29) is 18.4 Å². The number of carbonyl (C=O) groups is 2. The van der Waals surface area contributed by atoms with E-state index in [1.54, 1.807) is 4.90 Å². The topological polar surface area (TPSA) is 49.9 Å². The third kappa shape index (κ3) is 3.25. The number of rotatable bonds is 3. The Hall–Kier alpha value is -2.04. The van der Waals surface area contributed by atoms with Crippen LogP contribution in [-0.2, 0) is 9.59 Å². The molecule has 2 aliphatic rings. The fourth-order valence-electron chi connectivity index (χ4n) is 3.80. The number of nitrogens with zero attached hydrogens (tertiary/aromatic N) is 2. The van der Waals surface area contributed by atoms with Crippen LogP contribution in [-0.4, -0.2) is 42.5 Å². The highest BCUT2D eigenvalue weighted by Crippen LogP contribution is 2.34. The minimum absolute atomic E-state index is 0.0216. The Morgan fingerprint density at radius 3 is 2.54 bits per heavy atom. The molecule has 3 rings (SSSR count). The van der Waals surface area contributed by atoms with Gasteiger partial charge in [-0.15, -0.1) is 0 Å². The van der Waals surface area contributed by atoms with Crippen LogP contribution in [0.5, 0.6) is 5.75 Å². The molecule has 3 unspecified atom stereocenters. The first-order valence-electron chi connectivity index (χ1n) is 8.84. The number of fused-ring (bicyclic) bond motifs is 1. The van der Waals surface area contributed by atoms with E-state index < -0.39 is 6.10 Å². The van der Waals surface area contributed by atoms with Gasteiger partial charge in [0.1, 0.15) is 12.3 Å². The molecule has 2 aliphatic heterocycles. The minimum atomic E-state index is -0.507. The maximum Gasteiger partial charge on any atom is 0.268 e. The zero-order chi connectivity index (χ0) is 17.3. The molecule has 1 aromatic carbocycles. The fourth-order valence-corrected chi connectivity index (χ4v) is 3.80. The summed E-state index contributed by atoms with van der Waals surface area (Å²) >= 11 is 0. The van der Waals surface area contributed by atoms with Crippen LogP contribution >= 0.6 is 0 Å². The maximum absolute atomic E-state index is 12.8.